The van der Waals surface area contributed by atoms with E-state index in [0.29, 0.717) is 6.04 Å². The van der Waals surface area contributed by atoms with Gasteiger partial charge in [-0.3, -0.25) is 11.3 Å². The molecule has 0 heterocycles. The highest BCUT2D eigenvalue weighted by atomic mass is 32.2. The number of rotatable bonds is 11. The van der Waals surface area contributed by atoms with Crippen LogP contribution >= 0.6 is 11.8 Å². The molecule has 0 aliphatic rings. The SMILES string of the molecule is CCCCCCCCC(CSc1ccc(C)cc1)NN. The number of aryl methyl sites for hydroxylation is 1. The van der Waals surface area contributed by atoms with Crippen molar-refractivity contribution in [3.63, 3.8) is 0 Å². The van der Waals surface area contributed by atoms with Gasteiger partial charge in [0.2, 0.25) is 0 Å². The van der Waals surface area contributed by atoms with Crippen molar-refractivity contribution >= 4 is 11.8 Å². The van der Waals surface area contributed by atoms with Gasteiger partial charge in [0.25, 0.3) is 0 Å². The van der Waals surface area contributed by atoms with Crippen LogP contribution in [0.15, 0.2) is 29.2 Å². The Morgan fingerprint density at radius 1 is 1.05 bits per heavy atom. The maximum atomic E-state index is 5.66. The second-order valence-electron chi connectivity index (χ2n) is 5.54. The van der Waals surface area contributed by atoms with Gasteiger partial charge in [0, 0.05) is 16.7 Å². The molecule has 0 aromatic heterocycles. The van der Waals surface area contributed by atoms with Crippen LogP contribution in [0.2, 0.25) is 0 Å². The molecule has 1 atom stereocenters. The molecule has 3 heteroatoms. The van der Waals surface area contributed by atoms with E-state index in [2.05, 4.69) is 43.5 Å². The monoisotopic (exact) mass is 294 g/mol. The molecule has 2 nitrogen and oxygen atoms in total. The molecule has 0 saturated heterocycles. The summed E-state index contributed by atoms with van der Waals surface area (Å²) in [4.78, 5) is 1.33. The maximum Gasteiger partial charge on any atom is 0.0304 e. The van der Waals surface area contributed by atoms with Crippen LogP contribution in [0, 0.1) is 6.92 Å². The van der Waals surface area contributed by atoms with Gasteiger partial charge in [-0.25, -0.2) is 0 Å². The number of thioether (sulfide) groups is 1. The molecule has 0 bridgehead atoms. The third-order valence-corrected chi connectivity index (χ3v) is 4.79. The summed E-state index contributed by atoms with van der Waals surface area (Å²) in [5, 5.41) is 0. The number of hydrogen-bond donors (Lipinski definition) is 2. The van der Waals surface area contributed by atoms with Crippen LogP contribution in [0.25, 0.3) is 0 Å². The van der Waals surface area contributed by atoms with Gasteiger partial charge in [-0.2, -0.15) is 0 Å². The normalized spacial score (nSPS) is 12.6. The Morgan fingerprint density at radius 3 is 2.35 bits per heavy atom. The standard InChI is InChI=1S/C17H30N2S/c1-3-4-5-6-7-8-9-16(19-18)14-20-17-12-10-15(2)11-13-17/h10-13,16,19H,3-9,14,18H2,1-2H3. The zero-order valence-electron chi connectivity index (χ0n) is 13.0. The van der Waals surface area contributed by atoms with E-state index in [1.54, 1.807) is 0 Å². The first-order valence-electron chi connectivity index (χ1n) is 7.92. The topological polar surface area (TPSA) is 38.0 Å². The van der Waals surface area contributed by atoms with E-state index in [1.807, 2.05) is 11.8 Å². The highest BCUT2D eigenvalue weighted by molar-refractivity contribution is 7.99. The number of benzene rings is 1. The zero-order valence-corrected chi connectivity index (χ0v) is 13.8. The van der Waals surface area contributed by atoms with E-state index >= 15 is 0 Å². The Kier molecular flexibility index (Phi) is 9.81. The van der Waals surface area contributed by atoms with Crippen LogP contribution < -0.4 is 11.3 Å². The summed E-state index contributed by atoms with van der Waals surface area (Å²) in [5.74, 6) is 6.71. The fourth-order valence-electron chi connectivity index (χ4n) is 2.22. The van der Waals surface area contributed by atoms with E-state index in [9.17, 15) is 0 Å². The van der Waals surface area contributed by atoms with Gasteiger partial charge in [-0.1, -0.05) is 63.1 Å². The molecule has 20 heavy (non-hydrogen) atoms. The molecule has 114 valence electrons. The van der Waals surface area contributed by atoms with Crippen molar-refractivity contribution in [2.75, 3.05) is 5.75 Å². The van der Waals surface area contributed by atoms with Gasteiger partial charge in [0.05, 0.1) is 0 Å². The summed E-state index contributed by atoms with van der Waals surface area (Å²) in [6, 6.07) is 9.14. The van der Waals surface area contributed by atoms with Crippen molar-refractivity contribution in [3.8, 4) is 0 Å². The van der Waals surface area contributed by atoms with Gasteiger partial charge in [0.15, 0.2) is 0 Å². The Hall–Kier alpha value is -0.510. The van der Waals surface area contributed by atoms with Crippen molar-refractivity contribution in [1.82, 2.24) is 5.43 Å². The lowest BCUT2D eigenvalue weighted by Gasteiger charge is -2.15. The summed E-state index contributed by atoms with van der Waals surface area (Å²) < 4.78 is 0. The number of hydrogen-bond acceptors (Lipinski definition) is 3. The molecule has 0 aliphatic heterocycles. The fourth-order valence-corrected chi connectivity index (χ4v) is 3.20. The minimum Gasteiger partial charge on any atom is -0.271 e. The van der Waals surface area contributed by atoms with E-state index in [0.717, 1.165) is 5.75 Å². The molecule has 1 rings (SSSR count). The van der Waals surface area contributed by atoms with Crippen LogP contribution in [-0.2, 0) is 0 Å². The van der Waals surface area contributed by atoms with Crippen molar-refractivity contribution in [2.45, 2.75) is 69.7 Å². The number of unbranched alkanes of at least 4 members (excludes halogenated alkanes) is 5. The fraction of sp³-hybridized carbons (Fsp3) is 0.647. The average molecular weight is 295 g/mol. The lowest BCUT2D eigenvalue weighted by Crippen LogP contribution is -2.36. The summed E-state index contributed by atoms with van der Waals surface area (Å²) in [6.45, 7) is 4.38. The molecule has 1 aromatic carbocycles. The minimum absolute atomic E-state index is 0.424. The summed E-state index contributed by atoms with van der Waals surface area (Å²) >= 11 is 1.89. The second-order valence-corrected chi connectivity index (χ2v) is 6.64. The van der Waals surface area contributed by atoms with Crippen LogP contribution in [0.3, 0.4) is 0 Å². The maximum absolute atomic E-state index is 5.66. The molecular formula is C17H30N2S. The van der Waals surface area contributed by atoms with E-state index in [1.165, 1.54) is 55.4 Å². The molecule has 0 fully saturated rings. The van der Waals surface area contributed by atoms with E-state index in [-0.39, 0.29) is 0 Å². The zero-order chi connectivity index (χ0) is 14.6. The predicted molar refractivity (Wildman–Crippen MR) is 91.0 cm³/mol. The highest BCUT2D eigenvalue weighted by Gasteiger charge is 2.07. The first-order chi connectivity index (χ1) is 9.76. The number of nitrogens with one attached hydrogen (secondary N) is 1. The molecule has 0 saturated carbocycles. The molecule has 1 aromatic rings. The van der Waals surface area contributed by atoms with Crippen LogP contribution in [-0.4, -0.2) is 11.8 Å². The van der Waals surface area contributed by atoms with E-state index in [4.69, 9.17) is 5.84 Å². The van der Waals surface area contributed by atoms with Gasteiger partial charge in [-0.05, 0) is 25.5 Å². The minimum atomic E-state index is 0.424. The average Bonchev–Trinajstić information content (AvgIpc) is 2.47. The van der Waals surface area contributed by atoms with Gasteiger partial charge >= 0.3 is 0 Å². The summed E-state index contributed by atoms with van der Waals surface area (Å²) in [7, 11) is 0. The predicted octanol–water partition coefficient (Wildman–Crippen LogP) is 4.67. The summed E-state index contributed by atoms with van der Waals surface area (Å²) in [6.07, 6.45) is 9.26. The lowest BCUT2D eigenvalue weighted by atomic mass is 10.1. The van der Waals surface area contributed by atoms with Crippen molar-refractivity contribution in [1.29, 1.82) is 0 Å². The molecule has 3 N–H and O–H groups in total. The van der Waals surface area contributed by atoms with E-state index < -0.39 is 0 Å². The second kappa shape index (κ2) is 11.2. The Bertz CT molecular complexity index is 337. The molecular weight excluding hydrogens is 264 g/mol. The van der Waals surface area contributed by atoms with Crippen LogP contribution in [0.4, 0.5) is 0 Å². The molecule has 0 aliphatic carbocycles. The molecule has 0 spiro atoms. The third kappa shape index (κ3) is 7.93. The van der Waals surface area contributed by atoms with Gasteiger partial charge < -0.3 is 0 Å². The molecule has 0 radical (unpaired) electrons. The lowest BCUT2D eigenvalue weighted by molar-refractivity contribution is 0.494. The molecule has 1 unspecified atom stereocenters. The van der Waals surface area contributed by atoms with Gasteiger partial charge in [-0.15, -0.1) is 11.8 Å². The smallest absolute Gasteiger partial charge is 0.0304 e. The summed E-state index contributed by atoms with van der Waals surface area (Å²) in [5.41, 5.74) is 4.28. The quantitative estimate of drug-likeness (QED) is 0.269. The number of hydrazine groups is 1. The third-order valence-electron chi connectivity index (χ3n) is 3.61. The Morgan fingerprint density at radius 2 is 1.70 bits per heavy atom. The van der Waals surface area contributed by atoms with Crippen molar-refractivity contribution < 1.29 is 0 Å². The van der Waals surface area contributed by atoms with Crippen molar-refractivity contribution in [2.24, 2.45) is 5.84 Å². The highest BCUT2D eigenvalue weighted by Crippen LogP contribution is 2.20. The number of nitrogens with two attached hydrogens (primary N) is 1. The first kappa shape index (κ1) is 17.5. The first-order valence-corrected chi connectivity index (χ1v) is 8.90. The molecule has 0 amide bonds. The van der Waals surface area contributed by atoms with Gasteiger partial charge in [0.1, 0.15) is 0 Å². The van der Waals surface area contributed by atoms with Crippen molar-refractivity contribution in [3.05, 3.63) is 29.8 Å². The largest absolute Gasteiger partial charge is 0.271 e. The Labute approximate surface area is 128 Å². The van der Waals surface area contributed by atoms with Crippen LogP contribution in [0.1, 0.15) is 57.4 Å². The van der Waals surface area contributed by atoms with Crippen LogP contribution in [0.5, 0.6) is 0 Å². The Balaban J connectivity index is 2.14.